The fraction of sp³-hybridized carbons (Fsp3) is 0. The van der Waals surface area contributed by atoms with Gasteiger partial charge in [0, 0.05) is 22.2 Å². The summed E-state index contributed by atoms with van der Waals surface area (Å²) in [7, 11) is 0. The minimum absolute atomic E-state index is 0.215. The molecule has 3 rings (SSSR count). The normalized spacial score (nSPS) is 10.4. The summed E-state index contributed by atoms with van der Waals surface area (Å²) < 4.78 is 13.9. The largest absolute Gasteiger partial charge is 0.252 e. The van der Waals surface area contributed by atoms with E-state index in [2.05, 4.69) is 11.1 Å². The monoisotopic (exact) mass is 282 g/mol. The summed E-state index contributed by atoms with van der Waals surface area (Å²) in [5.74, 6) is -0.492. The molecule has 1 aromatic heterocycles. The number of rotatable bonds is 1. The second kappa shape index (κ2) is 4.92. The highest BCUT2D eigenvalue weighted by Crippen LogP contribution is 2.33. The van der Waals surface area contributed by atoms with Crippen molar-refractivity contribution in [2.45, 2.75) is 0 Å². The van der Waals surface area contributed by atoms with Crippen molar-refractivity contribution >= 4 is 22.5 Å². The molecule has 0 aliphatic carbocycles. The Kier molecular flexibility index (Phi) is 3.09. The van der Waals surface area contributed by atoms with E-state index in [4.69, 9.17) is 11.6 Å². The summed E-state index contributed by atoms with van der Waals surface area (Å²) in [6.45, 7) is 0. The first-order chi connectivity index (χ1) is 9.70. The van der Waals surface area contributed by atoms with E-state index in [9.17, 15) is 9.65 Å². The molecule has 1 heterocycles. The minimum atomic E-state index is -0.492. The van der Waals surface area contributed by atoms with Gasteiger partial charge in [0.15, 0.2) is 5.82 Å². The van der Waals surface area contributed by atoms with E-state index in [1.807, 2.05) is 30.3 Å². The smallest absolute Gasteiger partial charge is 0.150 e. The van der Waals surface area contributed by atoms with Gasteiger partial charge in [0.1, 0.15) is 11.6 Å². The molecule has 0 saturated carbocycles. The molecular weight excluding hydrogens is 275 g/mol. The van der Waals surface area contributed by atoms with Gasteiger partial charge in [0.25, 0.3) is 0 Å². The molecule has 0 amide bonds. The quantitative estimate of drug-likeness (QED) is 0.656. The molecule has 20 heavy (non-hydrogen) atoms. The molecule has 3 aromatic rings. The summed E-state index contributed by atoms with van der Waals surface area (Å²) in [5, 5.41) is 10.1. The lowest BCUT2D eigenvalue weighted by Crippen LogP contribution is -1.92. The molecule has 0 saturated heterocycles. The third kappa shape index (κ3) is 2.01. The fourth-order valence-electron chi connectivity index (χ4n) is 2.23. The fourth-order valence-corrected chi connectivity index (χ4v) is 2.43. The van der Waals surface area contributed by atoms with Gasteiger partial charge < -0.3 is 0 Å². The molecule has 4 heteroatoms. The van der Waals surface area contributed by atoms with E-state index in [1.54, 1.807) is 6.07 Å². The zero-order valence-electron chi connectivity index (χ0n) is 10.3. The van der Waals surface area contributed by atoms with Crippen molar-refractivity contribution in [1.29, 1.82) is 5.26 Å². The van der Waals surface area contributed by atoms with Crippen LogP contribution in [0.4, 0.5) is 4.39 Å². The maximum absolute atomic E-state index is 13.9. The number of nitriles is 1. The van der Waals surface area contributed by atoms with Crippen LogP contribution >= 0.6 is 11.6 Å². The molecule has 96 valence electrons. The maximum atomic E-state index is 13.9. The van der Waals surface area contributed by atoms with Crippen molar-refractivity contribution in [2.75, 3.05) is 0 Å². The van der Waals surface area contributed by atoms with Crippen LogP contribution in [0.25, 0.3) is 22.0 Å². The van der Waals surface area contributed by atoms with Gasteiger partial charge in [-0.3, -0.25) is 4.98 Å². The van der Waals surface area contributed by atoms with Crippen molar-refractivity contribution in [3.05, 3.63) is 65.1 Å². The van der Waals surface area contributed by atoms with Crippen LogP contribution in [-0.4, -0.2) is 4.98 Å². The van der Waals surface area contributed by atoms with Crippen molar-refractivity contribution in [3.63, 3.8) is 0 Å². The van der Waals surface area contributed by atoms with Crippen LogP contribution in [0.2, 0.25) is 5.02 Å². The van der Waals surface area contributed by atoms with E-state index in [0.717, 1.165) is 5.56 Å². The van der Waals surface area contributed by atoms with Crippen LogP contribution in [-0.2, 0) is 0 Å². The van der Waals surface area contributed by atoms with E-state index in [0.29, 0.717) is 16.5 Å². The molecule has 2 aromatic carbocycles. The number of fused-ring (bicyclic) bond motifs is 1. The molecule has 0 bridgehead atoms. The van der Waals surface area contributed by atoms with Crippen LogP contribution in [0.5, 0.6) is 0 Å². The third-order valence-corrected chi connectivity index (χ3v) is 3.29. The molecule has 2 nitrogen and oxygen atoms in total. The molecule has 0 aliphatic rings. The Balaban J connectivity index is 2.48. The lowest BCUT2D eigenvalue weighted by atomic mass is 9.97. The van der Waals surface area contributed by atoms with Crippen LogP contribution < -0.4 is 0 Å². The molecule has 0 N–H and O–H groups in total. The van der Waals surface area contributed by atoms with Gasteiger partial charge in [-0.1, -0.05) is 41.9 Å². The van der Waals surface area contributed by atoms with Crippen molar-refractivity contribution in [3.8, 4) is 17.2 Å². The van der Waals surface area contributed by atoms with Gasteiger partial charge in [-0.25, -0.2) is 4.39 Å². The first-order valence-electron chi connectivity index (χ1n) is 5.94. The van der Waals surface area contributed by atoms with Gasteiger partial charge >= 0.3 is 0 Å². The summed E-state index contributed by atoms with van der Waals surface area (Å²) in [5.41, 5.74) is 2.09. The minimum Gasteiger partial charge on any atom is -0.252 e. The predicted octanol–water partition coefficient (Wildman–Crippen LogP) is 4.57. The van der Waals surface area contributed by atoms with Gasteiger partial charge in [-0.05, 0) is 17.7 Å². The number of aromatic nitrogens is 1. The van der Waals surface area contributed by atoms with Gasteiger partial charge in [-0.15, -0.1) is 0 Å². The number of benzene rings is 2. The second-order valence-electron chi connectivity index (χ2n) is 4.31. The van der Waals surface area contributed by atoms with Gasteiger partial charge in [0.05, 0.1) is 5.56 Å². The highest BCUT2D eigenvalue weighted by Gasteiger charge is 2.14. The Hall–Kier alpha value is -2.44. The Labute approximate surface area is 120 Å². The van der Waals surface area contributed by atoms with E-state index in [-0.39, 0.29) is 10.5 Å². The zero-order chi connectivity index (χ0) is 14.1. The second-order valence-corrected chi connectivity index (χ2v) is 4.74. The molecule has 0 aliphatic heterocycles. The highest BCUT2D eigenvalue weighted by atomic mass is 35.5. The first kappa shape index (κ1) is 12.6. The van der Waals surface area contributed by atoms with Crippen molar-refractivity contribution in [1.82, 2.24) is 4.98 Å². The molecule has 0 spiro atoms. The Morgan fingerprint density at radius 1 is 1.15 bits per heavy atom. The Bertz CT molecular complexity index is 838. The highest BCUT2D eigenvalue weighted by molar-refractivity contribution is 6.31. The SMILES string of the molecule is N#Cc1cnc2c(F)cc(Cl)cc2c1-c1ccccc1. The van der Waals surface area contributed by atoms with Crippen LogP contribution in [0, 0.1) is 17.1 Å². The van der Waals surface area contributed by atoms with E-state index >= 15 is 0 Å². The van der Waals surface area contributed by atoms with Crippen LogP contribution in [0.15, 0.2) is 48.7 Å². The number of hydrogen-bond acceptors (Lipinski definition) is 2. The summed E-state index contributed by atoms with van der Waals surface area (Å²) in [6.07, 6.45) is 1.39. The van der Waals surface area contributed by atoms with Gasteiger partial charge in [-0.2, -0.15) is 5.26 Å². The van der Waals surface area contributed by atoms with Crippen molar-refractivity contribution < 1.29 is 4.39 Å². The Morgan fingerprint density at radius 2 is 1.90 bits per heavy atom. The Morgan fingerprint density at radius 3 is 2.60 bits per heavy atom. The lowest BCUT2D eigenvalue weighted by Gasteiger charge is -2.09. The lowest BCUT2D eigenvalue weighted by molar-refractivity contribution is 0.637. The average molecular weight is 283 g/mol. The molecule has 0 radical (unpaired) electrons. The summed E-state index contributed by atoms with van der Waals surface area (Å²) >= 11 is 5.93. The molecule has 0 fully saturated rings. The van der Waals surface area contributed by atoms with Crippen molar-refractivity contribution in [2.24, 2.45) is 0 Å². The topological polar surface area (TPSA) is 36.7 Å². The number of nitrogens with zero attached hydrogens (tertiary/aromatic N) is 2. The van der Waals surface area contributed by atoms with E-state index in [1.165, 1.54) is 12.3 Å². The van der Waals surface area contributed by atoms with Crippen LogP contribution in [0.1, 0.15) is 5.56 Å². The van der Waals surface area contributed by atoms with Gasteiger partial charge in [0.2, 0.25) is 0 Å². The maximum Gasteiger partial charge on any atom is 0.150 e. The van der Waals surface area contributed by atoms with E-state index < -0.39 is 5.82 Å². The van der Waals surface area contributed by atoms with Crippen LogP contribution in [0.3, 0.4) is 0 Å². The average Bonchev–Trinajstić information content (AvgIpc) is 2.46. The molecular formula is C16H8ClFN2. The first-order valence-corrected chi connectivity index (χ1v) is 6.32. The third-order valence-electron chi connectivity index (χ3n) is 3.07. The summed E-state index contributed by atoms with van der Waals surface area (Å²) in [4.78, 5) is 4.02. The standard InChI is InChI=1S/C16H8ClFN2/c17-12-6-13-15(10-4-2-1-3-5-10)11(8-19)9-20-16(13)14(18)7-12/h1-7,9H. The number of hydrogen-bond donors (Lipinski definition) is 0. The zero-order valence-corrected chi connectivity index (χ0v) is 11.0. The molecule has 0 atom stereocenters. The number of pyridine rings is 1. The predicted molar refractivity (Wildman–Crippen MR) is 76.9 cm³/mol. The number of halogens is 2. The molecule has 0 unspecified atom stereocenters. The summed E-state index contributed by atoms with van der Waals surface area (Å²) in [6, 6.07) is 14.3.